The zero-order chi connectivity index (χ0) is 20.3. The van der Waals surface area contributed by atoms with E-state index in [9.17, 15) is 13.2 Å². The van der Waals surface area contributed by atoms with Crippen LogP contribution in [0.15, 0.2) is 53.7 Å². The van der Waals surface area contributed by atoms with Crippen molar-refractivity contribution in [1.82, 2.24) is 15.0 Å². The number of amides is 1. The third kappa shape index (κ3) is 4.15. The molecule has 0 bridgehead atoms. The van der Waals surface area contributed by atoms with E-state index in [1.165, 1.54) is 18.3 Å². The lowest BCUT2D eigenvalue weighted by Gasteiger charge is -2.10. The number of nitrogens with zero attached hydrogens (tertiary/aromatic N) is 3. The molecular weight excluding hydrogens is 378 g/mol. The Labute approximate surface area is 162 Å². The second-order valence-corrected chi connectivity index (χ2v) is 8.11. The third-order valence-corrected chi connectivity index (χ3v) is 5.20. The fraction of sp³-hybridized carbons (Fsp3) is 0.158. The standard InChI is InChI=1S/C19H19N5O3S/c1-3-14-15(5-4-10-21-14)24-19(25)17-18(20)22-11-16(23-17)12-6-8-13(9-7-12)28(2,26)27/h4-11H,3H2,1-2H3,(H2,20,22)(H,24,25). The lowest BCUT2D eigenvalue weighted by Crippen LogP contribution is -2.18. The van der Waals surface area contributed by atoms with Crippen LogP contribution >= 0.6 is 0 Å². The Morgan fingerprint density at radius 3 is 2.50 bits per heavy atom. The van der Waals surface area contributed by atoms with E-state index in [1.807, 2.05) is 6.92 Å². The summed E-state index contributed by atoms with van der Waals surface area (Å²) in [5, 5.41) is 2.76. The van der Waals surface area contributed by atoms with Gasteiger partial charge in [0.25, 0.3) is 5.91 Å². The number of pyridine rings is 1. The zero-order valence-corrected chi connectivity index (χ0v) is 16.2. The minimum absolute atomic E-state index is 0.00375. The molecule has 2 aromatic heterocycles. The average Bonchev–Trinajstić information content (AvgIpc) is 2.68. The van der Waals surface area contributed by atoms with Crippen molar-refractivity contribution in [2.45, 2.75) is 18.2 Å². The molecule has 8 nitrogen and oxygen atoms in total. The van der Waals surface area contributed by atoms with Gasteiger partial charge >= 0.3 is 0 Å². The van der Waals surface area contributed by atoms with Crippen LogP contribution in [0.25, 0.3) is 11.3 Å². The highest BCUT2D eigenvalue weighted by Crippen LogP contribution is 2.22. The van der Waals surface area contributed by atoms with Crippen molar-refractivity contribution < 1.29 is 13.2 Å². The number of hydrogen-bond acceptors (Lipinski definition) is 7. The number of sulfone groups is 1. The summed E-state index contributed by atoms with van der Waals surface area (Å²) in [5.41, 5.74) is 8.17. The number of anilines is 2. The van der Waals surface area contributed by atoms with E-state index in [2.05, 4.69) is 20.3 Å². The molecule has 28 heavy (non-hydrogen) atoms. The minimum atomic E-state index is -3.30. The quantitative estimate of drug-likeness (QED) is 0.676. The summed E-state index contributed by atoms with van der Waals surface area (Å²) in [5.74, 6) is -0.502. The summed E-state index contributed by atoms with van der Waals surface area (Å²) in [6, 6.07) is 9.64. The van der Waals surface area contributed by atoms with E-state index >= 15 is 0 Å². The molecule has 9 heteroatoms. The molecule has 3 aromatic rings. The summed E-state index contributed by atoms with van der Waals surface area (Å²) in [7, 11) is -3.30. The van der Waals surface area contributed by atoms with Crippen molar-refractivity contribution >= 4 is 27.2 Å². The van der Waals surface area contributed by atoms with Crippen LogP contribution in [0.5, 0.6) is 0 Å². The Bertz CT molecular complexity index is 1130. The van der Waals surface area contributed by atoms with Crippen LogP contribution in [-0.2, 0) is 16.3 Å². The summed E-state index contributed by atoms with van der Waals surface area (Å²) in [4.78, 5) is 25.5. The smallest absolute Gasteiger partial charge is 0.278 e. The largest absolute Gasteiger partial charge is 0.382 e. The van der Waals surface area contributed by atoms with Crippen LogP contribution in [0.2, 0.25) is 0 Å². The molecule has 0 fully saturated rings. The second kappa shape index (κ2) is 7.73. The number of nitrogen functional groups attached to an aromatic ring is 1. The SMILES string of the molecule is CCc1ncccc1NC(=O)c1nc(-c2ccc(S(C)(=O)=O)cc2)cnc1N. The first-order chi connectivity index (χ1) is 13.3. The monoisotopic (exact) mass is 397 g/mol. The van der Waals surface area contributed by atoms with Crippen LogP contribution in [0.4, 0.5) is 11.5 Å². The number of carbonyl (C=O) groups is 1. The molecule has 1 aromatic carbocycles. The molecule has 1 amide bonds. The highest BCUT2D eigenvalue weighted by molar-refractivity contribution is 7.90. The molecule has 0 atom stereocenters. The lowest BCUT2D eigenvalue weighted by atomic mass is 10.1. The maximum atomic E-state index is 12.7. The molecule has 0 aliphatic carbocycles. The number of nitrogens with one attached hydrogen (secondary N) is 1. The van der Waals surface area contributed by atoms with Crippen LogP contribution in [0.1, 0.15) is 23.1 Å². The zero-order valence-electron chi connectivity index (χ0n) is 15.4. The van der Waals surface area contributed by atoms with Crippen LogP contribution in [-0.4, -0.2) is 35.5 Å². The molecular formula is C19H19N5O3S. The van der Waals surface area contributed by atoms with E-state index in [0.717, 1.165) is 11.9 Å². The van der Waals surface area contributed by atoms with Gasteiger partial charge in [0.1, 0.15) is 0 Å². The molecule has 0 unspecified atom stereocenters. The average molecular weight is 397 g/mol. The fourth-order valence-corrected chi connectivity index (χ4v) is 3.22. The maximum absolute atomic E-state index is 12.7. The number of aryl methyl sites for hydroxylation is 1. The molecule has 3 N–H and O–H groups in total. The molecule has 3 rings (SSSR count). The Morgan fingerprint density at radius 2 is 1.86 bits per heavy atom. The van der Waals surface area contributed by atoms with Gasteiger partial charge in [-0.25, -0.2) is 18.4 Å². The molecule has 0 saturated heterocycles. The fourth-order valence-electron chi connectivity index (χ4n) is 2.59. The molecule has 0 aliphatic heterocycles. The van der Waals surface area contributed by atoms with Gasteiger partial charge in [-0.05, 0) is 30.7 Å². The minimum Gasteiger partial charge on any atom is -0.382 e. The summed E-state index contributed by atoms with van der Waals surface area (Å²) in [6.07, 6.45) is 4.88. The highest BCUT2D eigenvalue weighted by Gasteiger charge is 2.17. The van der Waals surface area contributed by atoms with Gasteiger partial charge in [-0.3, -0.25) is 9.78 Å². The number of benzene rings is 1. The third-order valence-electron chi connectivity index (χ3n) is 4.07. The summed E-state index contributed by atoms with van der Waals surface area (Å²) in [6.45, 7) is 1.94. The van der Waals surface area contributed by atoms with Gasteiger partial charge < -0.3 is 11.1 Å². The van der Waals surface area contributed by atoms with Crippen molar-refractivity contribution in [1.29, 1.82) is 0 Å². The van der Waals surface area contributed by atoms with Crippen molar-refractivity contribution in [3.63, 3.8) is 0 Å². The van der Waals surface area contributed by atoms with Gasteiger partial charge in [-0.1, -0.05) is 19.1 Å². The Hall–Kier alpha value is -3.33. The normalized spacial score (nSPS) is 11.2. The van der Waals surface area contributed by atoms with Gasteiger partial charge in [0.2, 0.25) is 0 Å². The van der Waals surface area contributed by atoms with Crippen molar-refractivity contribution in [3.05, 3.63) is 60.2 Å². The highest BCUT2D eigenvalue weighted by atomic mass is 32.2. The van der Waals surface area contributed by atoms with E-state index in [-0.39, 0.29) is 16.4 Å². The van der Waals surface area contributed by atoms with E-state index in [1.54, 1.807) is 30.5 Å². The first-order valence-electron chi connectivity index (χ1n) is 8.48. The second-order valence-electron chi connectivity index (χ2n) is 6.09. The molecule has 0 aliphatic rings. The Kier molecular flexibility index (Phi) is 5.36. The number of rotatable bonds is 5. The molecule has 144 valence electrons. The predicted octanol–water partition coefficient (Wildman–Crippen LogP) is 2.34. The van der Waals surface area contributed by atoms with Crippen LogP contribution < -0.4 is 11.1 Å². The van der Waals surface area contributed by atoms with Crippen LogP contribution in [0, 0.1) is 0 Å². The molecule has 0 saturated carbocycles. The maximum Gasteiger partial charge on any atom is 0.278 e. The van der Waals surface area contributed by atoms with Gasteiger partial charge in [0.15, 0.2) is 21.3 Å². The molecule has 0 spiro atoms. The summed E-state index contributed by atoms with van der Waals surface area (Å²) >= 11 is 0. The molecule has 2 heterocycles. The lowest BCUT2D eigenvalue weighted by molar-refractivity contribution is 0.102. The predicted molar refractivity (Wildman–Crippen MR) is 107 cm³/mol. The summed E-state index contributed by atoms with van der Waals surface area (Å²) < 4.78 is 23.2. The number of nitrogens with two attached hydrogens (primary N) is 1. The number of carbonyl (C=O) groups excluding carboxylic acids is 1. The first-order valence-corrected chi connectivity index (χ1v) is 10.4. The van der Waals surface area contributed by atoms with Gasteiger partial charge in [-0.2, -0.15) is 0 Å². The first kappa shape index (κ1) is 19.4. The van der Waals surface area contributed by atoms with E-state index < -0.39 is 15.7 Å². The molecule has 0 radical (unpaired) electrons. The van der Waals surface area contributed by atoms with E-state index in [0.29, 0.717) is 23.4 Å². The van der Waals surface area contributed by atoms with Crippen LogP contribution in [0.3, 0.4) is 0 Å². The van der Waals surface area contributed by atoms with Gasteiger partial charge in [0.05, 0.1) is 28.2 Å². The van der Waals surface area contributed by atoms with Crippen molar-refractivity contribution in [2.75, 3.05) is 17.3 Å². The van der Waals surface area contributed by atoms with Gasteiger partial charge in [-0.15, -0.1) is 0 Å². The number of hydrogen-bond donors (Lipinski definition) is 2. The van der Waals surface area contributed by atoms with Crippen molar-refractivity contribution in [3.8, 4) is 11.3 Å². The topological polar surface area (TPSA) is 128 Å². The number of aromatic nitrogens is 3. The van der Waals surface area contributed by atoms with Gasteiger partial charge in [0, 0.05) is 18.0 Å². The Balaban J connectivity index is 1.92. The van der Waals surface area contributed by atoms with E-state index in [4.69, 9.17) is 5.73 Å². The van der Waals surface area contributed by atoms with Crippen molar-refractivity contribution in [2.24, 2.45) is 0 Å². The Morgan fingerprint density at radius 1 is 1.14 bits per heavy atom.